The number of hydrogen-bond acceptors (Lipinski definition) is 6. The topological polar surface area (TPSA) is 112 Å². The van der Waals surface area contributed by atoms with Crippen LogP contribution in [0.25, 0.3) is 0 Å². The van der Waals surface area contributed by atoms with Gasteiger partial charge in [0.05, 0.1) is 5.25 Å². The van der Waals surface area contributed by atoms with E-state index in [0.717, 1.165) is 6.92 Å². The third-order valence-electron chi connectivity index (χ3n) is 2.14. The van der Waals surface area contributed by atoms with Crippen molar-refractivity contribution in [3.63, 3.8) is 0 Å². The third-order valence-corrected chi connectivity index (χ3v) is 6.33. The number of carboxylic acids is 1. The van der Waals surface area contributed by atoms with Crippen molar-refractivity contribution in [1.82, 2.24) is 0 Å². The Hall–Kier alpha value is -0.380. The molecular formula is C8H13O6S3-. The Balaban J connectivity index is 5.27. The van der Waals surface area contributed by atoms with Crippen molar-refractivity contribution in [1.29, 1.82) is 0 Å². The molecule has 0 fully saturated rings. The van der Waals surface area contributed by atoms with Gasteiger partial charge >= 0.3 is 5.97 Å². The van der Waals surface area contributed by atoms with Crippen molar-refractivity contribution in [3.05, 3.63) is 0 Å². The average Bonchev–Trinajstić information content (AvgIpc) is 2.23. The highest BCUT2D eigenvalue weighted by Crippen LogP contribution is 2.15. The largest absolute Gasteiger partial charge is 0.772 e. The van der Waals surface area contributed by atoms with E-state index in [0.29, 0.717) is 6.42 Å². The molecule has 0 saturated carbocycles. The van der Waals surface area contributed by atoms with E-state index in [-0.39, 0.29) is 6.42 Å². The minimum Gasteiger partial charge on any atom is -0.772 e. The van der Waals surface area contributed by atoms with Crippen molar-refractivity contribution < 1.29 is 27.1 Å². The van der Waals surface area contributed by atoms with E-state index in [1.165, 1.54) is 0 Å². The van der Waals surface area contributed by atoms with E-state index in [2.05, 4.69) is 12.2 Å². The predicted octanol–water partition coefficient (Wildman–Crippen LogP) is 0.250. The third kappa shape index (κ3) is 4.09. The van der Waals surface area contributed by atoms with E-state index >= 15 is 0 Å². The quantitative estimate of drug-likeness (QED) is 0.552. The van der Waals surface area contributed by atoms with Crippen LogP contribution < -0.4 is 0 Å². The summed E-state index contributed by atoms with van der Waals surface area (Å²) in [4.78, 5) is 10.6. The Kier molecular flexibility index (Phi) is 6.38. The molecule has 0 amide bonds. The summed E-state index contributed by atoms with van der Waals surface area (Å²) in [6, 6.07) is 0. The van der Waals surface area contributed by atoms with Crippen LogP contribution in [0.2, 0.25) is 0 Å². The lowest BCUT2D eigenvalue weighted by molar-refractivity contribution is -0.136. The summed E-state index contributed by atoms with van der Waals surface area (Å²) in [5.74, 6) is -1.56. The molecule has 0 aromatic carbocycles. The molecule has 1 N–H and O–H groups in total. The van der Waals surface area contributed by atoms with Crippen LogP contribution in [-0.4, -0.2) is 43.0 Å². The number of aliphatic carboxylic acids is 1. The van der Waals surface area contributed by atoms with Crippen LogP contribution in [0.5, 0.6) is 0 Å². The molecule has 0 spiro atoms. The molecule has 0 aliphatic heterocycles. The smallest absolute Gasteiger partial charge is 0.322 e. The zero-order valence-corrected chi connectivity index (χ0v) is 11.7. The molecule has 100 valence electrons. The minimum atomic E-state index is -4.27. The Morgan fingerprint density at radius 2 is 2.00 bits per heavy atom. The number of carboxylic acid groups (broad SMARTS) is 1. The van der Waals surface area contributed by atoms with Crippen LogP contribution in [0, 0.1) is 0 Å². The summed E-state index contributed by atoms with van der Waals surface area (Å²) in [7, 11) is -4.27. The molecule has 0 radical (unpaired) electrons. The van der Waals surface area contributed by atoms with Gasteiger partial charge in [-0.1, -0.05) is 25.6 Å². The summed E-state index contributed by atoms with van der Waals surface area (Å²) in [6.45, 7) is 2.64. The Labute approximate surface area is 108 Å². The maximum absolute atomic E-state index is 11.7. The molecule has 0 aromatic rings. The SMILES string of the molecule is CCCC(C(=S)S(=O)(=O)C(C)C(=O)O)S(=O)[O-]. The van der Waals surface area contributed by atoms with Gasteiger partial charge in [-0.15, -0.1) is 0 Å². The number of rotatable bonds is 6. The van der Waals surface area contributed by atoms with Gasteiger partial charge < -0.3 is 9.66 Å². The average molecular weight is 301 g/mol. The summed E-state index contributed by atoms with van der Waals surface area (Å²) in [5, 5.41) is 5.55. The lowest BCUT2D eigenvalue weighted by Crippen LogP contribution is -2.39. The van der Waals surface area contributed by atoms with Crippen LogP contribution in [0.3, 0.4) is 0 Å². The van der Waals surface area contributed by atoms with Gasteiger partial charge in [-0.25, -0.2) is 8.42 Å². The van der Waals surface area contributed by atoms with E-state index in [4.69, 9.17) is 5.11 Å². The Morgan fingerprint density at radius 3 is 2.29 bits per heavy atom. The fraction of sp³-hybridized carbons (Fsp3) is 0.750. The normalized spacial score (nSPS) is 17.1. The number of thiocarbonyl (C=S) groups is 1. The lowest BCUT2D eigenvalue weighted by Gasteiger charge is -2.21. The summed E-state index contributed by atoms with van der Waals surface area (Å²) < 4.78 is 44.4. The predicted molar refractivity (Wildman–Crippen MR) is 66.2 cm³/mol. The highest BCUT2D eigenvalue weighted by molar-refractivity contribution is 8.19. The van der Waals surface area contributed by atoms with E-state index in [1.54, 1.807) is 6.92 Å². The second kappa shape index (κ2) is 6.53. The fourth-order valence-electron chi connectivity index (χ4n) is 1.05. The first-order chi connectivity index (χ1) is 7.66. The zero-order valence-electron chi connectivity index (χ0n) is 9.28. The minimum absolute atomic E-state index is 0.0561. The summed E-state index contributed by atoms with van der Waals surface area (Å²) in [5.41, 5.74) is 0. The van der Waals surface area contributed by atoms with E-state index in [1.807, 2.05) is 0 Å². The van der Waals surface area contributed by atoms with Gasteiger partial charge in [0, 0.05) is 0 Å². The second-order valence-corrected chi connectivity index (χ2v) is 7.41. The van der Waals surface area contributed by atoms with Crippen LogP contribution in [0.15, 0.2) is 0 Å². The van der Waals surface area contributed by atoms with Crippen molar-refractivity contribution in [2.75, 3.05) is 0 Å². The Morgan fingerprint density at radius 1 is 1.53 bits per heavy atom. The molecule has 0 aliphatic rings. The molecule has 0 heterocycles. The van der Waals surface area contributed by atoms with Gasteiger partial charge in [-0.2, -0.15) is 0 Å². The zero-order chi connectivity index (χ0) is 13.8. The maximum atomic E-state index is 11.7. The van der Waals surface area contributed by atoms with Gasteiger partial charge in [-0.3, -0.25) is 9.00 Å². The molecule has 17 heavy (non-hydrogen) atoms. The highest BCUT2D eigenvalue weighted by Gasteiger charge is 2.35. The molecule has 6 nitrogen and oxygen atoms in total. The molecule has 3 unspecified atom stereocenters. The highest BCUT2D eigenvalue weighted by atomic mass is 32.2. The number of carbonyl (C=O) groups is 1. The summed E-state index contributed by atoms with van der Waals surface area (Å²) >= 11 is 1.93. The second-order valence-electron chi connectivity index (χ2n) is 3.38. The molecule has 0 saturated heterocycles. The fourth-order valence-corrected chi connectivity index (χ4v) is 4.15. The van der Waals surface area contributed by atoms with Crippen LogP contribution in [0.4, 0.5) is 0 Å². The van der Waals surface area contributed by atoms with Gasteiger partial charge in [0.2, 0.25) is 0 Å². The molecular weight excluding hydrogens is 288 g/mol. The van der Waals surface area contributed by atoms with Crippen molar-refractivity contribution in [2.24, 2.45) is 0 Å². The first-order valence-electron chi connectivity index (χ1n) is 4.74. The molecule has 0 aromatic heterocycles. The van der Waals surface area contributed by atoms with Gasteiger partial charge in [0.15, 0.2) is 15.1 Å². The molecule has 3 atom stereocenters. The van der Waals surface area contributed by atoms with Crippen molar-refractivity contribution in [3.8, 4) is 0 Å². The van der Waals surface area contributed by atoms with Crippen LogP contribution >= 0.6 is 12.2 Å². The molecule has 0 aliphatic carbocycles. The lowest BCUT2D eigenvalue weighted by atomic mass is 10.3. The molecule has 0 bridgehead atoms. The van der Waals surface area contributed by atoms with Gasteiger partial charge in [-0.05, 0) is 24.4 Å². The standard InChI is InChI=1S/C8H14O6S3/c1-3-4-6(16(11)12)8(15)17(13,14)5(2)7(9)10/h5-6H,3-4H2,1-2H3,(H,9,10)(H,11,12)/p-1. The van der Waals surface area contributed by atoms with Crippen LogP contribution in [0.1, 0.15) is 26.7 Å². The number of sulfone groups is 1. The monoisotopic (exact) mass is 301 g/mol. The van der Waals surface area contributed by atoms with E-state index < -0.39 is 41.6 Å². The molecule has 9 heteroatoms. The van der Waals surface area contributed by atoms with Gasteiger partial charge in [0.25, 0.3) is 0 Å². The molecule has 0 rings (SSSR count). The van der Waals surface area contributed by atoms with Crippen molar-refractivity contribution >= 4 is 43.3 Å². The first kappa shape index (κ1) is 16.6. The Bertz CT molecular complexity index is 427. The van der Waals surface area contributed by atoms with Gasteiger partial charge in [0.1, 0.15) is 4.20 Å². The van der Waals surface area contributed by atoms with Crippen LogP contribution in [-0.2, 0) is 25.7 Å². The summed E-state index contributed by atoms with van der Waals surface area (Å²) in [6.07, 6.45) is 0.482. The van der Waals surface area contributed by atoms with Crippen molar-refractivity contribution in [2.45, 2.75) is 37.2 Å². The van der Waals surface area contributed by atoms with E-state index in [9.17, 15) is 22.0 Å². The first-order valence-corrected chi connectivity index (χ1v) is 7.84. The number of hydrogen-bond donors (Lipinski definition) is 1. The maximum Gasteiger partial charge on any atom is 0.322 e.